The number of rotatable bonds is 5. The van der Waals surface area contributed by atoms with Crippen molar-refractivity contribution in [2.75, 3.05) is 0 Å². The van der Waals surface area contributed by atoms with Gasteiger partial charge in [0.1, 0.15) is 5.01 Å². The second-order valence-electron chi connectivity index (χ2n) is 4.27. The summed E-state index contributed by atoms with van der Waals surface area (Å²) in [6.45, 7) is 2.07. The Morgan fingerprint density at radius 1 is 1.35 bits per heavy atom. The van der Waals surface area contributed by atoms with Crippen molar-refractivity contribution in [1.29, 1.82) is 5.26 Å². The highest BCUT2D eigenvalue weighted by atomic mass is 32.2. The third-order valence-corrected chi connectivity index (χ3v) is 4.81. The van der Waals surface area contributed by atoms with Crippen LogP contribution in [-0.4, -0.2) is 13.4 Å². The SMILES string of the molecule is Cc1csc(CNS(=O)(=O)Cc2ccc(C#N)cc2)n1. The third kappa shape index (κ3) is 4.13. The number of hydrogen-bond donors (Lipinski definition) is 1. The molecule has 0 fully saturated rings. The Kier molecular flexibility index (Phi) is 4.49. The molecule has 2 aromatic rings. The van der Waals surface area contributed by atoms with E-state index in [1.165, 1.54) is 11.3 Å². The van der Waals surface area contributed by atoms with Gasteiger partial charge in [-0.25, -0.2) is 18.1 Å². The smallest absolute Gasteiger partial charge is 0.216 e. The van der Waals surface area contributed by atoms with Gasteiger partial charge in [-0.1, -0.05) is 12.1 Å². The van der Waals surface area contributed by atoms with Gasteiger partial charge in [-0.15, -0.1) is 11.3 Å². The average molecular weight is 307 g/mol. The van der Waals surface area contributed by atoms with E-state index in [0.29, 0.717) is 11.1 Å². The van der Waals surface area contributed by atoms with E-state index in [1.807, 2.05) is 18.4 Å². The molecule has 0 aliphatic heterocycles. The van der Waals surface area contributed by atoms with Crippen molar-refractivity contribution in [3.05, 3.63) is 51.5 Å². The van der Waals surface area contributed by atoms with E-state index in [9.17, 15) is 8.42 Å². The predicted molar refractivity (Wildman–Crippen MR) is 77.5 cm³/mol. The zero-order valence-corrected chi connectivity index (χ0v) is 12.5. The highest BCUT2D eigenvalue weighted by Crippen LogP contribution is 2.10. The highest BCUT2D eigenvalue weighted by molar-refractivity contribution is 7.88. The molecule has 0 amide bonds. The maximum atomic E-state index is 11.9. The van der Waals surface area contributed by atoms with Crippen LogP contribution in [0.3, 0.4) is 0 Å². The van der Waals surface area contributed by atoms with Gasteiger partial charge in [0.05, 0.1) is 23.9 Å². The van der Waals surface area contributed by atoms with Crippen molar-refractivity contribution < 1.29 is 8.42 Å². The van der Waals surface area contributed by atoms with E-state index in [1.54, 1.807) is 24.3 Å². The zero-order valence-electron chi connectivity index (χ0n) is 10.8. The summed E-state index contributed by atoms with van der Waals surface area (Å²) >= 11 is 1.43. The van der Waals surface area contributed by atoms with Gasteiger partial charge in [-0.2, -0.15) is 5.26 Å². The molecular formula is C13H13N3O2S2. The van der Waals surface area contributed by atoms with Crippen LogP contribution in [0, 0.1) is 18.3 Å². The average Bonchev–Trinajstić information content (AvgIpc) is 2.83. The van der Waals surface area contributed by atoms with E-state index in [4.69, 9.17) is 5.26 Å². The van der Waals surface area contributed by atoms with Crippen LogP contribution in [-0.2, 0) is 22.3 Å². The summed E-state index contributed by atoms with van der Waals surface area (Å²) in [7, 11) is -3.41. The van der Waals surface area contributed by atoms with Gasteiger partial charge in [0, 0.05) is 11.1 Å². The van der Waals surface area contributed by atoms with E-state index >= 15 is 0 Å². The monoisotopic (exact) mass is 307 g/mol. The first-order valence-electron chi connectivity index (χ1n) is 5.86. The molecule has 2 rings (SSSR count). The number of nitriles is 1. The fraction of sp³-hybridized carbons (Fsp3) is 0.231. The summed E-state index contributed by atoms with van der Waals surface area (Å²) in [5, 5.41) is 11.3. The Labute approximate surface area is 122 Å². The summed E-state index contributed by atoms with van der Waals surface area (Å²) in [5.41, 5.74) is 2.04. The molecule has 104 valence electrons. The molecule has 0 atom stereocenters. The van der Waals surface area contributed by atoms with E-state index in [-0.39, 0.29) is 12.3 Å². The van der Waals surface area contributed by atoms with E-state index in [2.05, 4.69) is 9.71 Å². The number of sulfonamides is 1. The Bertz CT molecular complexity index is 728. The first kappa shape index (κ1) is 14.7. The van der Waals surface area contributed by atoms with Crippen molar-refractivity contribution >= 4 is 21.4 Å². The van der Waals surface area contributed by atoms with Crippen molar-refractivity contribution in [1.82, 2.24) is 9.71 Å². The molecule has 7 heteroatoms. The van der Waals surface area contributed by atoms with Gasteiger partial charge in [0.15, 0.2) is 0 Å². The van der Waals surface area contributed by atoms with Gasteiger partial charge >= 0.3 is 0 Å². The molecule has 5 nitrogen and oxygen atoms in total. The van der Waals surface area contributed by atoms with Crippen LogP contribution in [0.25, 0.3) is 0 Å². The molecule has 0 aliphatic carbocycles. The predicted octanol–water partition coefficient (Wildman–Crippen LogP) is 1.94. The number of thiazole rings is 1. The first-order valence-corrected chi connectivity index (χ1v) is 8.39. The lowest BCUT2D eigenvalue weighted by molar-refractivity contribution is 0.580. The summed E-state index contributed by atoms with van der Waals surface area (Å²) in [4.78, 5) is 4.20. The highest BCUT2D eigenvalue weighted by Gasteiger charge is 2.12. The number of nitrogens with zero attached hydrogens (tertiary/aromatic N) is 2. The van der Waals surface area contributed by atoms with Crippen LogP contribution in [0.15, 0.2) is 29.6 Å². The van der Waals surface area contributed by atoms with Crippen molar-refractivity contribution in [2.45, 2.75) is 19.2 Å². The number of aryl methyl sites for hydroxylation is 1. The fourth-order valence-electron chi connectivity index (χ4n) is 1.60. The zero-order chi connectivity index (χ0) is 14.6. The van der Waals surface area contributed by atoms with Crippen molar-refractivity contribution in [2.24, 2.45) is 0 Å². The van der Waals surface area contributed by atoms with Crippen LogP contribution in [0.4, 0.5) is 0 Å². The van der Waals surface area contributed by atoms with Gasteiger partial charge in [0.25, 0.3) is 0 Å². The minimum absolute atomic E-state index is 0.108. The Morgan fingerprint density at radius 2 is 2.05 bits per heavy atom. The van der Waals surface area contributed by atoms with E-state index < -0.39 is 10.0 Å². The molecule has 1 aromatic heterocycles. The first-order chi connectivity index (χ1) is 9.48. The Morgan fingerprint density at radius 3 is 2.60 bits per heavy atom. The molecule has 1 N–H and O–H groups in total. The summed E-state index contributed by atoms with van der Waals surface area (Å²) in [5.74, 6) is -0.108. The lowest BCUT2D eigenvalue weighted by Gasteiger charge is -2.05. The maximum Gasteiger partial charge on any atom is 0.216 e. The second kappa shape index (κ2) is 6.13. The fourth-order valence-corrected chi connectivity index (χ4v) is 3.49. The van der Waals surface area contributed by atoms with Crippen LogP contribution in [0.1, 0.15) is 21.8 Å². The lowest BCUT2D eigenvalue weighted by atomic mass is 10.2. The minimum Gasteiger partial charge on any atom is -0.245 e. The molecule has 20 heavy (non-hydrogen) atoms. The normalized spacial score (nSPS) is 11.2. The van der Waals surface area contributed by atoms with Crippen molar-refractivity contribution in [3.63, 3.8) is 0 Å². The molecule has 1 heterocycles. The molecule has 0 aliphatic rings. The van der Waals surface area contributed by atoms with Crippen molar-refractivity contribution in [3.8, 4) is 6.07 Å². The number of benzene rings is 1. The Balaban J connectivity index is 1.98. The largest absolute Gasteiger partial charge is 0.245 e. The Hall–Kier alpha value is -1.75. The van der Waals surface area contributed by atoms with Crippen LogP contribution >= 0.6 is 11.3 Å². The van der Waals surface area contributed by atoms with Crippen LogP contribution in [0.2, 0.25) is 0 Å². The molecule has 0 spiro atoms. The number of aromatic nitrogens is 1. The molecule has 0 saturated heterocycles. The molecule has 1 aromatic carbocycles. The summed E-state index contributed by atoms with van der Waals surface area (Å²) < 4.78 is 26.4. The van der Waals surface area contributed by atoms with Gasteiger partial charge in [-0.05, 0) is 24.6 Å². The number of hydrogen-bond acceptors (Lipinski definition) is 5. The molecule has 0 bridgehead atoms. The summed E-state index contributed by atoms with van der Waals surface area (Å²) in [6, 6.07) is 8.49. The quantitative estimate of drug-likeness (QED) is 0.915. The standard InChI is InChI=1S/C13H13N3O2S2/c1-10-8-19-13(16-10)7-15-20(17,18)9-12-4-2-11(6-14)3-5-12/h2-5,8,15H,7,9H2,1H3. The number of nitrogens with one attached hydrogen (secondary N) is 1. The minimum atomic E-state index is -3.41. The van der Waals surface area contributed by atoms with Gasteiger partial charge in [0.2, 0.25) is 10.0 Å². The van der Waals surface area contributed by atoms with E-state index in [0.717, 1.165) is 10.7 Å². The molecule has 0 saturated carbocycles. The molecule has 0 unspecified atom stereocenters. The maximum absolute atomic E-state index is 11.9. The van der Waals surface area contributed by atoms with Crippen LogP contribution in [0.5, 0.6) is 0 Å². The van der Waals surface area contributed by atoms with Gasteiger partial charge < -0.3 is 0 Å². The van der Waals surface area contributed by atoms with Gasteiger partial charge in [-0.3, -0.25) is 0 Å². The molecular weight excluding hydrogens is 294 g/mol. The summed E-state index contributed by atoms with van der Waals surface area (Å²) in [6.07, 6.45) is 0. The molecule has 0 radical (unpaired) electrons. The lowest BCUT2D eigenvalue weighted by Crippen LogP contribution is -2.24. The van der Waals surface area contributed by atoms with Crippen LogP contribution < -0.4 is 4.72 Å². The topological polar surface area (TPSA) is 82.9 Å². The third-order valence-electron chi connectivity index (χ3n) is 2.55. The second-order valence-corrected chi connectivity index (χ2v) is 7.02.